The number of hydrogen-bond acceptors (Lipinski definition) is 10. The van der Waals surface area contributed by atoms with Gasteiger partial charge in [-0.15, -0.1) is 11.8 Å². The molecule has 0 radical (unpaired) electrons. The van der Waals surface area contributed by atoms with E-state index in [0.717, 1.165) is 71.2 Å². The molecule has 39 heavy (non-hydrogen) atoms. The Balaban J connectivity index is 1.46. The van der Waals surface area contributed by atoms with Crippen molar-refractivity contribution in [2.75, 3.05) is 62.1 Å². The molecule has 202 valence electrons. The van der Waals surface area contributed by atoms with Gasteiger partial charge in [0.15, 0.2) is 0 Å². The molecule has 0 saturated carbocycles. The van der Waals surface area contributed by atoms with E-state index in [1.54, 1.807) is 43.5 Å². The normalized spacial score (nSPS) is 13.9. The monoisotopic (exact) mass is 542 g/mol. The number of anilines is 5. The van der Waals surface area contributed by atoms with Crippen LogP contribution >= 0.6 is 11.8 Å². The molecule has 0 unspecified atom stereocenters. The minimum Gasteiger partial charge on any atom is -0.494 e. The number of fused-ring (bicyclic) bond motifs is 1. The van der Waals surface area contributed by atoms with Crippen molar-refractivity contribution in [3.8, 4) is 5.75 Å². The van der Waals surface area contributed by atoms with E-state index in [2.05, 4.69) is 68.1 Å². The summed E-state index contributed by atoms with van der Waals surface area (Å²) in [5, 5.41) is 6.87. The van der Waals surface area contributed by atoms with Gasteiger partial charge in [-0.2, -0.15) is 4.98 Å². The Morgan fingerprint density at radius 2 is 1.85 bits per heavy atom. The fourth-order valence-electron chi connectivity index (χ4n) is 4.77. The molecule has 0 bridgehead atoms. The molecule has 2 aromatic heterocycles. The quantitative estimate of drug-likeness (QED) is 0.261. The first-order chi connectivity index (χ1) is 19.0. The zero-order chi connectivity index (χ0) is 27.4. The zero-order valence-corrected chi connectivity index (χ0v) is 23.7. The second kappa shape index (κ2) is 11.9. The van der Waals surface area contributed by atoms with Crippen LogP contribution in [0.5, 0.6) is 5.75 Å². The smallest absolute Gasteiger partial charge is 0.229 e. The summed E-state index contributed by atoms with van der Waals surface area (Å²) in [7, 11) is 3.86. The third-order valence-corrected chi connectivity index (χ3v) is 7.78. The minimum atomic E-state index is 0.460. The van der Waals surface area contributed by atoms with Gasteiger partial charge in [-0.05, 0) is 43.5 Å². The van der Waals surface area contributed by atoms with E-state index in [4.69, 9.17) is 9.72 Å². The number of methoxy groups -OCH3 is 1. The van der Waals surface area contributed by atoms with E-state index < -0.39 is 0 Å². The molecule has 10 heteroatoms. The number of piperazine rings is 1. The van der Waals surface area contributed by atoms with Crippen LogP contribution in [-0.4, -0.2) is 71.4 Å². The summed E-state index contributed by atoms with van der Waals surface area (Å²) in [4.78, 5) is 24.2. The highest BCUT2D eigenvalue weighted by atomic mass is 32.2. The van der Waals surface area contributed by atoms with Crippen molar-refractivity contribution in [1.29, 1.82) is 0 Å². The molecule has 5 rings (SSSR count). The molecule has 1 aliphatic rings. The van der Waals surface area contributed by atoms with Gasteiger partial charge in [-0.25, -0.2) is 4.98 Å². The summed E-state index contributed by atoms with van der Waals surface area (Å²) in [6.07, 6.45) is 9.85. The Bertz CT molecular complexity index is 1490. The van der Waals surface area contributed by atoms with Crippen molar-refractivity contribution < 1.29 is 4.74 Å². The molecular weight excluding hydrogens is 508 g/mol. The maximum Gasteiger partial charge on any atom is 0.229 e. The van der Waals surface area contributed by atoms with Crippen LogP contribution in [0.2, 0.25) is 0 Å². The number of likely N-dealkylation sites (N-methyl/N-ethyl adjacent to an activating group) is 1. The van der Waals surface area contributed by atoms with Crippen molar-refractivity contribution in [3.63, 3.8) is 0 Å². The average molecular weight is 543 g/mol. The molecule has 9 nitrogen and oxygen atoms in total. The predicted octanol–water partition coefficient (Wildman–Crippen LogP) is 5.59. The Morgan fingerprint density at radius 1 is 1.05 bits per heavy atom. The third-order valence-electron chi connectivity index (χ3n) is 6.96. The van der Waals surface area contributed by atoms with Gasteiger partial charge < -0.3 is 25.2 Å². The summed E-state index contributed by atoms with van der Waals surface area (Å²) < 4.78 is 5.81. The van der Waals surface area contributed by atoms with Gasteiger partial charge in [0, 0.05) is 62.1 Å². The molecule has 0 amide bonds. The first kappa shape index (κ1) is 26.7. The lowest BCUT2D eigenvalue weighted by atomic mass is 10.1. The van der Waals surface area contributed by atoms with Gasteiger partial charge in [-0.3, -0.25) is 9.97 Å². The number of aryl methyl sites for hydroxylation is 1. The molecule has 2 aromatic carbocycles. The molecule has 4 aromatic rings. The SMILES string of the molecule is C=Cc1cnc(Nc2cc(CC)c(N3CCN(C)CC3)cc2OC)nc1Nc1ccc2nccnc2c1SC. The molecule has 0 spiro atoms. The molecule has 1 fully saturated rings. The van der Waals surface area contributed by atoms with E-state index >= 15 is 0 Å². The summed E-state index contributed by atoms with van der Waals surface area (Å²) >= 11 is 1.61. The lowest BCUT2D eigenvalue weighted by Crippen LogP contribution is -2.44. The van der Waals surface area contributed by atoms with Gasteiger partial charge in [0.1, 0.15) is 17.1 Å². The highest BCUT2D eigenvalue weighted by molar-refractivity contribution is 7.99. The molecule has 1 aliphatic heterocycles. The predicted molar refractivity (Wildman–Crippen MR) is 162 cm³/mol. The highest BCUT2D eigenvalue weighted by Gasteiger charge is 2.20. The van der Waals surface area contributed by atoms with E-state index in [-0.39, 0.29) is 0 Å². The number of nitrogens with one attached hydrogen (secondary N) is 2. The average Bonchev–Trinajstić information content (AvgIpc) is 2.97. The van der Waals surface area contributed by atoms with Crippen molar-refractivity contribution >= 4 is 57.7 Å². The van der Waals surface area contributed by atoms with Crippen molar-refractivity contribution in [2.45, 2.75) is 18.2 Å². The van der Waals surface area contributed by atoms with Crippen molar-refractivity contribution in [3.05, 3.63) is 60.6 Å². The first-order valence-corrected chi connectivity index (χ1v) is 14.2. The number of aromatic nitrogens is 4. The van der Waals surface area contributed by atoms with Crippen LogP contribution in [0.4, 0.5) is 28.8 Å². The molecule has 3 heterocycles. The highest BCUT2D eigenvalue weighted by Crippen LogP contribution is 2.37. The summed E-state index contributed by atoms with van der Waals surface area (Å²) in [6.45, 7) is 10.2. The van der Waals surface area contributed by atoms with Crippen molar-refractivity contribution in [1.82, 2.24) is 24.8 Å². The van der Waals surface area contributed by atoms with Crippen LogP contribution in [0.25, 0.3) is 17.1 Å². The van der Waals surface area contributed by atoms with Crippen LogP contribution in [-0.2, 0) is 6.42 Å². The van der Waals surface area contributed by atoms with Gasteiger partial charge in [0.25, 0.3) is 0 Å². The molecule has 0 atom stereocenters. The van der Waals surface area contributed by atoms with Gasteiger partial charge in [-0.1, -0.05) is 19.6 Å². The molecule has 0 aliphatic carbocycles. The summed E-state index contributed by atoms with van der Waals surface area (Å²) in [5.74, 6) is 1.86. The van der Waals surface area contributed by atoms with E-state index in [9.17, 15) is 0 Å². The largest absolute Gasteiger partial charge is 0.494 e. The van der Waals surface area contributed by atoms with Crippen LogP contribution < -0.4 is 20.3 Å². The number of ether oxygens (including phenoxy) is 1. The topological polar surface area (TPSA) is 91.3 Å². The fourth-order valence-corrected chi connectivity index (χ4v) is 5.46. The lowest BCUT2D eigenvalue weighted by Gasteiger charge is -2.35. The summed E-state index contributed by atoms with van der Waals surface area (Å²) in [5.41, 5.74) is 6.69. The van der Waals surface area contributed by atoms with E-state index in [1.807, 2.05) is 18.4 Å². The molecule has 2 N–H and O–H groups in total. The Hall–Kier alpha value is -3.89. The second-order valence-electron chi connectivity index (χ2n) is 9.35. The number of rotatable bonds is 9. The number of nitrogens with zero attached hydrogens (tertiary/aromatic N) is 6. The molecule has 1 saturated heterocycles. The van der Waals surface area contributed by atoms with Crippen LogP contribution in [0.3, 0.4) is 0 Å². The maximum atomic E-state index is 5.81. The second-order valence-corrected chi connectivity index (χ2v) is 10.2. The number of hydrogen-bond donors (Lipinski definition) is 2. The Kier molecular flexibility index (Phi) is 8.13. The van der Waals surface area contributed by atoms with Gasteiger partial charge in [0.05, 0.1) is 28.9 Å². The maximum absolute atomic E-state index is 5.81. The van der Waals surface area contributed by atoms with Gasteiger partial charge >= 0.3 is 0 Å². The minimum absolute atomic E-state index is 0.460. The standard InChI is InChI=1S/C29H34N8OS/c1-6-19-16-23(25(38-4)17-24(19)37-14-12-36(3)13-15-37)34-29-32-18-20(7-2)28(35-29)33-22-9-8-21-26(27(22)39-5)31-11-10-30-21/h7-11,16-18H,2,6,12-15H2,1,3-5H3,(H2,32,33,34,35). The van der Waals surface area contributed by atoms with Crippen LogP contribution in [0.1, 0.15) is 18.1 Å². The first-order valence-electron chi connectivity index (χ1n) is 13.0. The zero-order valence-electron chi connectivity index (χ0n) is 22.9. The summed E-state index contributed by atoms with van der Waals surface area (Å²) in [6, 6.07) is 8.23. The van der Waals surface area contributed by atoms with Crippen molar-refractivity contribution in [2.24, 2.45) is 0 Å². The Labute approximate surface area is 233 Å². The lowest BCUT2D eigenvalue weighted by molar-refractivity contribution is 0.312. The van der Waals surface area contributed by atoms with Crippen LogP contribution in [0, 0.1) is 0 Å². The number of benzene rings is 2. The van der Waals surface area contributed by atoms with Gasteiger partial charge in [0.2, 0.25) is 5.95 Å². The fraction of sp³-hybridized carbons (Fsp3) is 0.310. The number of thioether (sulfide) groups is 1. The van der Waals surface area contributed by atoms with E-state index in [0.29, 0.717) is 11.8 Å². The molecular formula is C29H34N8OS. The van der Waals surface area contributed by atoms with Crippen LogP contribution in [0.15, 0.2) is 54.3 Å². The Morgan fingerprint density at radius 3 is 2.56 bits per heavy atom. The van der Waals surface area contributed by atoms with E-state index in [1.165, 1.54) is 11.3 Å². The third kappa shape index (κ3) is 5.62.